The third-order valence-corrected chi connectivity index (χ3v) is 2.76. The monoisotopic (exact) mass is 266 g/mol. The summed E-state index contributed by atoms with van der Waals surface area (Å²) in [5.74, 6) is -5.08. The maximum atomic E-state index is 12.5. The van der Waals surface area contributed by atoms with Crippen LogP contribution in [0, 0.1) is 5.92 Å². The van der Waals surface area contributed by atoms with Gasteiger partial charge in [-0.2, -0.15) is 13.2 Å². The van der Waals surface area contributed by atoms with Crippen LogP contribution in [-0.2, 0) is 4.79 Å². The molecule has 1 rings (SSSR count). The fourth-order valence-electron chi connectivity index (χ4n) is 1.50. The summed E-state index contributed by atoms with van der Waals surface area (Å²) in [5, 5.41) is 9.24. The van der Waals surface area contributed by atoms with Gasteiger partial charge < -0.3 is 5.11 Å². The van der Waals surface area contributed by atoms with Gasteiger partial charge in [0.1, 0.15) is 0 Å². The van der Waals surface area contributed by atoms with E-state index in [0.717, 1.165) is 6.92 Å². The van der Waals surface area contributed by atoms with Crippen LogP contribution in [0.1, 0.15) is 18.4 Å². The predicted molar refractivity (Wildman–Crippen MR) is 57.0 cm³/mol. The molecule has 0 bridgehead atoms. The van der Waals surface area contributed by atoms with Crippen LogP contribution in [0.25, 0.3) is 0 Å². The van der Waals surface area contributed by atoms with E-state index in [9.17, 15) is 18.0 Å². The fourth-order valence-corrected chi connectivity index (χ4v) is 1.63. The Balaban J connectivity index is 3.10. The lowest BCUT2D eigenvalue weighted by atomic mass is 9.87. The Morgan fingerprint density at radius 3 is 2.12 bits per heavy atom. The van der Waals surface area contributed by atoms with Crippen molar-refractivity contribution in [3.8, 4) is 0 Å². The number of carboxylic acid groups (broad SMARTS) is 1. The first kappa shape index (κ1) is 13.8. The highest BCUT2D eigenvalue weighted by Gasteiger charge is 2.44. The number of carbonyl (C=O) groups is 1. The molecule has 17 heavy (non-hydrogen) atoms. The molecule has 0 spiro atoms. The van der Waals surface area contributed by atoms with Gasteiger partial charge in [0.2, 0.25) is 0 Å². The largest absolute Gasteiger partial charge is 0.481 e. The van der Waals surface area contributed by atoms with E-state index in [4.69, 9.17) is 16.7 Å². The Hall–Kier alpha value is -1.23. The summed E-state index contributed by atoms with van der Waals surface area (Å²) in [4.78, 5) is 10.9. The third kappa shape index (κ3) is 3.36. The van der Waals surface area contributed by atoms with Crippen molar-refractivity contribution in [1.82, 2.24) is 0 Å². The predicted octanol–water partition coefficient (Wildman–Crippen LogP) is 3.71. The Bertz CT molecular complexity index is 400. The van der Waals surface area contributed by atoms with Gasteiger partial charge in [0.15, 0.2) is 0 Å². The van der Waals surface area contributed by atoms with Gasteiger partial charge in [0.05, 0.1) is 11.8 Å². The van der Waals surface area contributed by atoms with E-state index in [-0.39, 0.29) is 5.56 Å². The zero-order chi connectivity index (χ0) is 13.2. The summed E-state index contributed by atoms with van der Waals surface area (Å²) in [6, 6.07) is 5.33. The second-order valence-electron chi connectivity index (χ2n) is 3.70. The fraction of sp³-hybridized carbons (Fsp3) is 0.364. The number of aliphatic carboxylic acids is 1. The van der Waals surface area contributed by atoms with Crippen LogP contribution in [-0.4, -0.2) is 17.3 Å². The summed E-state index contributed by atoms with van der Waals surface area (Å²) in [5.41, 5.74) is 0.0896. The highest BCUT2D eigenvalue weighted by molar-refractivity contribution is 6.30. The van der Waals surface area contributed by atoms with E-state index >= 15 is 0 Å². The molecule has 1 unspecified atom stereocenters. The van der Waals surface area contributed by atoms with E-state index in [0.29, 0.717) is 5.02 Å². The van der Waals surface area contributed by atoms with Crippen molar-refractivity contribution in [2.24, 2.45) is 5.92 Å². The summed E-state index contributed by atoms with van der Waals surface area (Å²) in [7, 11) is 0. The van der Waals surface area contributed by atoms with Crippen LogP contribution in [0.4, 0.5) is 13.2 Å². The standard InChI is InChI=1S/C11H10ClF3O2/c1-6(11(13,14)15)9(10(16)17)7-2-4-8(12)5-3-7/h2-6,9H,1H3,(H,16,17)/t6-,9?/m1/s1. The Labute approximate surface area is 101 Å². The van der Waals surface area contributed by atoms with Crippen molar-refractivity contribution in [3.63, 3.8) is 0 Å². The molecule has 0 aliphatic heterocycles. The summed E-state index contributed by atoms with van der Waals surface area (Å²) in [6.07, 6.45) is -4.55. The lowest BCUT2D eigenvalue weighted by Crippen LogP contribution is -2.31. The van der Waals surface area contributed by atoms with Crippen molar-refractivity contribution in [2.75, 3.05) is 0 Å². The molecule has 1 N–H and O–H groups in total. The van der Waals surface area contributed by atoms with Gasteiger partial charge in [0, 0.05) is 5.02 Å². The lowest BCUT2D eigenvalue weighted by molar-refractivity contribution is -0.183. The maximum Gasteiger partial charge on any atom is 0.392 e. The first-order chi connectivity index (χ1) is 7.73. The smallest absolute Gasteiger partial charge is 0.392 e. The summed E-state index contributed by atoms with van der Waals surface area (Å²) in [6.45, 7) is 0.855. The summed E-state index contributed by atoms with van der Waals surface area (Å²) < 4.78 is 37.6. The van der Waals surface area contributed by atoms with Crippen molar-refractivity contribution in [2.45, 2.75) is 19.0 Å². The minimum absolute atomic E-state index is 0.0896. The molecule has 0 amide bonds. The normalized spacial score (nSPS) is 15.4. The second kappa shape index (κ2) is 4.96. The van der Waals surface area contributed by atoms with Gasteiger partial charge in [-0.15, -0.1) is 0 Å². The zero-order valence-corrected chi connectivity index (χ0v) is 9.59. The molecule has 94 valence electrons. The van der Waals surface area contributed by atoms with Crippen molar-refractivity contribution in [3.05, 3.63) is 34.9 Å². The average Bonchev–Trinajstić information content (AvgIpc) is 2.19. The number of halogens is 4. The zero-order valence-electron chi connectivity index (χ0n) is 8.83. The van der Waals surface area contributed by atoms with Gasteiger partial charge in [-0.1, -0.05) is 30.7 Å². The Kier molecular flexibility index (Phi) is 4.03. The SMILES string of the molecule is C[C@H](C(C(=O)O)c1ccc(Cl)cc1)C(F)(F)F. The number of alkyl halides is 3. The minimum Gasteiger partial charge on any atom is -0.481 e. The van der Waals surface area contributed by atoms with E-state index in [2.05, 4.69) is 0 Å². The summed E-state index contributed by atoms with van der Waals surface area (Å²) >= 11 is 5.60. The molecular formula is C11H10ClF3O2. The number of hydrogen-bond donors (Lipinski definition) is 1. The molecule has 6 heteroatoms. The molecule has 1 aromatic rings. The molecule has 2 atom stereocenters. The minimum atomic E-state index is -4.55. The molecule has 0 radical (unpaired) electrons. The van der Waals surface area contributed by atoms with Crippen LogP contribution < -0.4 is 0 Å². The van der Waals surface area contributed by atoms with Gasteiger partial charge in [-0.3, -0.25) is 4.79 Å². The number of rotatable bonds is 3. The van der Waals surface area contributed by atoms with Gasteiger partial charge in [0.25, 0.3) is 0 Å². The van der Waals surface area contributed by atoms with E-state index < -0.39 is 24.0 Å². The molecule has 0 heterocycles. The van der Waals surface area contributed by atoms with E-state index in [1.807, 2.05) is 0 Å². The number of carboxylic acids is 1. The molecule has 0 saturated carbocycles. The van der Waals surface area contributed by atoms with Gasteiger partial charge in [-0.05, 0) is 17.7 Å². The molecule has 0 fully saturated rings. The molecule has 0 aliphatic carbocycles. The van der Waals surface area contributed by atoms with Crippen molar-refractivity contribution in [1.29, 1.82) is 0 Å². The molecule has 0 saturated heterocycles. The second-order valence-corrected chi connectivity index (χ2v) is 4.13. The number of benzene rings is 1. The van der Waals surface area contributed by atoms with E-state index in [1.54, 1.807) is 0 Å². The molecule has 1 aromatic carbocycles. The quantitative estimate of drug-likeness (QED) is 0.906. The van der Waals surface area contributed by atoms with Gasteiger partial charge in [-0.25, -0.2) is 0 Å². The van der Waals surface area contributed by atoms with Crippen LogP contribution >= 0.6 is 11.6 Å². The van der Waals surface area contributed by atoms with Crippen molar-refractivity contribution < 1.29 is 23.1 Å². The third-order valence-electron chi connectivity index (χ3n) is 2.51. The molecule has 0 aliphatic rings. The van der Waals surface area contributed by atoms with Gasteiger partial charge >= 0.3 is 12.1 Å². The molecular weight excluding hydrogens is 257 g/mol. The lowest BCUT2D eigenvalue weighted by Gasteiger charge is -2.23. The van der Waals surface area contributed by atoms with Crippen LogP contribution in [0.15, 0.2) is 24.3 Å². The molecule has 2 nitrogen and oxygen atoms in total. The first-order valence-electron chi connectivity index (χ1n) is 4.78. The Morgan fingerprint density at radius 1 is 1.29 bits per heavy atom. The maximum absolute atomic E-state index is 12.5. The van der Waals surface area contributed by atoms with Crippen LogP contribution in [0.2, 0.25) is 5.02 Å². The highest BCUT2D eigenvalue weighted by atomic mass is 35.5. The molecule has 0 aromatic heterocycles. The van der Waals surface area contributed by atoms with Crippen LogP contribution in [0.3, 0.4) is 0 Å². The van der Waals surface area contributed by atoms with E-state index in [1.165, 1.54) is 24.3 Å². The topological polar surface area (TPSA) is 37.3 Å². The first-order valence-corrected chi connectivity index (χ1v) is 5.16. The highest BCUT2D eigenvalue weighted by Crippen LogP contribution is 2.37. The van der Waals surface area contributed by atoms with Crippen molar-refractivity contribution >= 4 is 17.6 Å². The Morgan fingerprint density at radius 2 is 1.76 bits per heavy atom. The number of hydrogen-bond acceptors (Lipinski definition) is 1. The van der Waals surface area contributed by atoms with Crippen LogP contribution in [0.5, 0.6) is 0 Å². The average molecular weight is 267 g/mol.